The first-order valence-corrected chi connectivity index (χ1v) is 7.24. The molecule has 0 spiro atoms. The van der Waals surface area contributed by atoms with Crippen LogP contribution in [0.25, 0.3) is 10.8 Å². The zero-order chi connectivity index (χ0) is 13.9. The molecule has 0 aliphatic rings. The third-order valence-electron chi connectivity index (χ3n) is 4.13. The van der Waals surface area contributed by atoms with Crippen molar-refractivity contribution in [1.82, 2.24) is 5.32 Å². The van der Waals surface area contributed by atoms with E-state index in [0.717, 1.165) is 6.54 Å². The van der Waals surface area contributed by atoms with Gasteiger partial charge in [-0.25, -0.2) is 0 Å². The molecule has 2 aromatic rings. The second-order valence-electron chi connectivity index (χ2n) is 6.19. The molecule has 0 aliphatic heterocycles. The van der Waals surface area contributed by atoms with Crippen molar-refractivity contribution in [2.45, 2.75) is 40.2 Å². The molecule has 19 heavy (non-hydrogen) atoms. The van der Waals surface area contributed by atoms with Gasteiger partial charge in [0.1, 0.15) is 0 Å². The minimum absolute atomic E-state index is 0.360. The summed E-state index contributed by atoms with van der Waals surface area (Å²) in [6.45, 7) is 10.2. The van der Waals surface area contributed by atoms with Crippen LogP contribution in [-0.2, 0) is 0 Å². The van der Waals surface area contributed by atoms with E-state index >= 15 is 0 Å². The van der Waals surface area contributed by atoms with E-state index < -0.39 is 0 Å². The standard InChI is InChI=1S/C18H25N/c1-5-18(3,4)13-19-14(2)16-12-8-10-15-9-6-7-11-17(15)16/h6-12,14,19H,5,13H2,1-4H3. The van der Waals surface area contributed by atoms with Gasteiger partial charge in [-0.15, -0.1) is 0 Å². The van der Waals surface area contributed by atoms with Crippen LogP contribution in [0, 0.1) is 5.41 Å². The van der Waals surface area contributed by atoms with Gasteiger partial charge in [0.2, 0.25) is 0 Å². The number of fused-ring (bicyclic) bond motifs is 1. The highest BCUT2D eigenvalue weighted by atomic mass is 14.9. The SMILES string of the molecule is CCC(C)(C)CNC(C)c1cccc2ccccc12. The summed E-state index contributed by atoms with van der Waals surface area (Å²) >= 11 is 0. The lowest BCUT2D eigenvalue weighted by molar-refractivity contribution is 0.314. The number of rotatable bonds is 5. The number of benzene rings is 2. The molecular formula is C18H25N. The van der Waals surface area contributed by atoms with E-state index in [1.807, 2.05) is 0 Å². The highest BCUT2D eigenvalue weighted by Crippen LogP contribution is 2.25. The molecule has 0 amide bonds. The summed E-state index contributed by atoms with van der Waals surface area (Å²) in [5, 5.41) is 6.37. The topological polar surface area (TPSA) is 12.0 Å². The van der Waals surface area contributed by atoms with Crippen LogP contribution in [0.1, 0.15) is 45.7 Å². The quantitative estimate of drug-likeness (QED) is 0.799. The van der Waals surface area contributed by atoms with Crippen molar-refractivity contribution in [3.05, 3.63) is 48.0 Å². The minimum Gasteiger partial charge on any atom is -0.310 e. The monoisotopic (exact) mass is 255 g/mol. The van der Waals surface area contributed by atoms with Crippen LogP contribution in [-0.4, -0.2) is 6.54 Å². The molecule has 0 bridgehead atoms. The molecule has 2 aromatic carbocycles. The molecule has 0 aliphatic carbocycles. The van der Waals surface area contributed by atoms with E-state index in [4.69, 9.17) is 0 Å². The largest absolute Gasteiger partial charge is 0.310 e. The molecule has 1 N–H and O–H groups in total. The number of hydrogen-bond donors (Lipinski definition) is 1. The van der Waals surface area contributed by atoms with Crippen LogP contribution in [0.4, 0.5) is 0 Å². The maximum absolute atomic E-state index is 3.68. The summed E-state index contributed by atoms with van der Waals surface area (Å²) in [6, 6.07) is 15.6. The lowest BCUT2D eigenvalue weighted by Crippen LogP contribution is -2.30. The lowest BCUT2D eigenvalue weighted by atomic mass is 9.89. The predicted molar refractivity (Wildman–Crippen MR) is 84.4 cm³/mol. The Morgan fingerprint density at radius 3 is 2.47 bits per heavy atom. The van der Waals surface area contributed by atoms with E-state index in [-0.39, 0.29) is 0 Å². The summed E-state index contributed by atoms with van der Waals surface area (Å²) in [5.74, 6) is 0. The summed E-state index contributed by atoms with van der Waals surface area (Å²) in [4.78, 5) is 0. The van der Waals surface area contributed by atoms with Crippen LogP contribution in [0.15, 0.2) is 42.5 Å². The molecule has 0 saturated heterocycles. The Hall–Kier alpha value is -1.34. The number of hydrogen-bond acceptors (Lipinski definition) is 1. The molecule has 1 heteroatoms. The fourth-order valence-corrected chi connectivity index (χ4v) is 2.29. The minimum atomic E-state index is 0.360. The molecule has 0 saturated carbocycles. The van der Waals surface area contributed by atoms with Gasteiger partial charge in [-0.3, -0.25) is 0 Å². The lowest BCUT2D eigenvalue weighted by Gasteiger charge is -2.26. The van der Waals surface area contributed by atoms with E-state index in [9.17, 15) is 0 Å². The summed E-state index contributed by atoms with van der Waals surface area (Å²) in [7, 11) is 0. The Balaban J connectivity index is 2.20. The van der Waals surface area contributed by atoms with Gasteiger partial charge in [0.05, 0.1) is 0 Å². The van der Waals surface area contributed by atoms with Crippen molar-refractivity contribution in [3.8, 4) is 0 Å². The van der Waals surface area contributed by atoms with Crippen molar-refractivity contribution in [2.75, 3.05) is 6.54 Å². The molecule has 2 rings (SSSR count). The average molecular weight is 255 g/mol. The van der Waals surface area contributed by atoms with Gasteiger partial charge in [-0.1, -0.05) is 63.2 Å². The average Bonchev–Trinajstić information content (AvgIpc) is 2.44. The summed E-state index contributed by atoms with van der Waals surface area (Å²) < 4.78 is 0. The first-order valence-electron chi connectivity index (χ1n) is 7.24. The first-order chi connectivity index (χ1) is 9.03. The number of nitrogens with one attached hydrogen (secondary N) is 1. The Bertz CT molecular complexity index is 537. The van der Waals surface area contributed by atoms with Gasteiger partial charge >= 0.3 is 0 Å². The molecule has 0 radical (unpaired) electrons. The molecule has 0 heterocycles. The van der Waals surface area contributed by atoms with Crippen LogP contribution in [0.5, 0.6) is 0 Å². The summed E-state index contributed by atoms with van der Waals surface area (Å²) in [6.07, 6.45) is 1.20. The molecule has 1 unspecified atom stereocenters. The fourth-order valence-electron chi connectivity index (χ4n) is 2.29. The smallest absolute Gasteiger partial charge is 0.0298 e. The van der Waals surface area contributed by atoms with Crippen molar-refractivity contribution in [3.63, 3.8) is 0 Å². The summed E-state index contributed by atoms with van der Waals surface area (Å²) in [5.41, 5.74) is 1.75. The van der Waals surface area contributed by atoms with Gasteiger partial charge < -0.3 is 5.32 Å². The second kappa shape index (κ2) is 5.75. The van der Waals surface area contributed by atoms with E-state index in [2.05, 4.69) is 75.5 Å². The maximum Gasteiger partial charge on any atom is 0.0298 e. The molecule has 0 fully saturated rings. The molecule has 0 aromatic heterocycles. The van der Waals surface area contributed by atoms with Crippen molar-refractivity contribution >= 4 is 10.8 Å². The Morgan fingerprint density at radius 2 is 1.74 bits per heavy atom. The third kappa shape index (κ3) is 3.36. The van der Waals surface area contributed by atoms with Gasteiger partial charge in [0, 0.05) is 12.6 Å². The predicted octanol–water partition coefficient (Wildman–Crippen LogP) is 4.93. The van der Waals surface area contributed by atoms with Crippen LogP contribution in [0.3, 0.4) is 0 Å². The van der Waals surface area contributed by atoms with Crippen LogP contribution >= 0.6 is 0 Å². The van der Waals surface area contributed by atoms with Crippen molar-refractivity contribution in [1.29, 1.82) is 0 Å². The third-order valence-corrected chi connectivity index (χ3v) is 4.13. The first kappa shape index (κ1) is 14.1. The zero-order valence-electron chi connectivity index (χ0n) is 12.5. The zero-order valence-corrected chi connectivity index (χ0v) is 12.5. The maximum atomic E-state index is 3.68. The Morgan fingerprint density at radius 1 is 1.05 bits per heavy atom. The van der Waals surface area contributed by atoms with Gasteiger partial charge in [0.15, 0.2) is 0 Å². The second-order valence-corrected chi connectivity index (χ2v) is 6.19. The molecule has 1 atom stereocenters. The van der Waals surface area contributed by atoms with Crippen LogP contribution in [0.2, 0.25) is 0 Å². The molecular weight excluding hydrogens is 230 g/mol. The van der Waals surface area contributed by atoms with Crippen molar-refractivity contribution < 1.29 is 0 Å². The molecule has 102 valence electrons. The van der Waals surface area contributed by atoms with Gasteiger partial charge in [-0.05, 0) is 35.1 Å². The van der Waals surface area contributed by atoms with Crippen molar-refractivity contribution in [2.24, 2.45) is 5.41 Å². The van der Waals surface area contributed by atoms with Crippen LogP contribution < -0.4 is 5.32 Å². The van der Waals surface area contributed by atoms with Gasteiger partial charge in [0.25, 0.3) is 0 Å². The molecule has 1 nitrogen and oxygen atoms in total. The fraction of sp³-hybridized carbons (Fsp3) is 0.444. The van der Waals surface area contributed by atoms with Gasteiger partial charge in [-0.2, -0.15) is 0 Å². The van der Waals surface area contributed by atoms with E-state index in [1.165, 1.54) is 22.8 Å². The Labute approximate surface area is 117 Å². The Kier molecular flexibility index (Phi) is 4.26. The normalized spacial score (nSPS) is 13.7. The van der Waals surface area contributed by atoms with E-state index in [0.29, 0.717) is 11.5 Å². The highest BCUT2D eigenvalue weighted by molar-refractivity contribution is 5.86. The highest BCUT2D eigenvalue weighted by Gasteiger charge is 2.17. The van der Waals surface area contributed by atoms with E-state index in [1.54, 1.807) is 0 Å².